The number of piperidine rings is 1. The largest absolute Gasteiger partial charge is 0.489 e. The molecule has 1 unspecified atom stereocenters. The lowest BCUT2D eigenvalue weighted by atomic mass is 9.93. The minimum Gasteiger partial charge on any atom is -0.489 e. The Morgan fingerprint density at radius 2 is 2.16 bits per heavy atom. The smallest absolute Gasteiger partial charge is 0.224 e. The molecule has 25 heavy (non-hydrogen) atoms. The van der Waals surface area contributed by atoms with Gasteiger partial charge in [0.25, 0.3) is 0 Å². The van der Waals surface area contributed by atoms with Crippen LogP contribution in [0.3, 0.4) is 0 Å². The molecule has 6 heteroatoms. The van der Waals surface area contributed by atoms with Crippen LogP contribution in [0.25, 0.3) is 0 Å². The van der Waals surface area contributed by atoms with Gasteiger partial charge in [0.15, 0.2) is 0 Å². The van der Waals surface area contributed by atoms with E-state index < -0.39 is 5.82 Å². The number of amides is 1. The first-order valence-corrected chi connectivity index (χ1v) is 9.25. The van der Waals surface area contributed by atoms with Crippen LogP contribution in [0.4, 0.5) is 10.1 Å². The van der Waals surface area contributed by atoms with E-state index in [4.69, 9.17) is 9.47 Å². The highest BCUT2D eigenvalue weighted by atomic mass is 19.1. The first kappa shape index (κ1) is 18.1. The Balaban J connectivity index is 1.52. The van der Waals surface area contributed by atoms with E-state index in [0.29, 0.717) is 30.4 Å². The van der Waals surface area contributed by atoms with E-state index >= 15 is 0 Å². The minimum absolute atomic E-state index is 0.0773. The lowest BCUT2D eigenvalue weighted by molar-refractivity contribution is -0.116. The number of hydrogen-bond acceptors (Lipinski definition) is 4. The molecular weight excluding hydrogens is 323 g/mol. The number of halogens is 1. The molecule has 0 spiro atoms. The normalized spacial score (nSPS) is 21.2. The summed E-state index contributed by atoms with van der Waals surface area (Å²) in [7, 11) is 0. The Morgan fingerprint density at radius 3 is 2.92 bits per heavy atom. The van der Waals surface area contributed by atoms with Gasteiger partial charge in [-0.2, -0.15) is 0 Å². The van der Waals surface area contributed by atoms with Gasteiger partial charge in [0, 0.05) is 19.1 Å². The van der Waals surface area contributed by atoms with Crippen LogP contribution in [-0.4, -0.2) is 38.3 Å². The van der Waals surface area contributed by atoms with Crippen LogP contribution < -0.4 is 15.4 Å². The van der Waals surface area contributed by atoms with Crippen LogP contribution in [0.15, 0.2) is 18.2 Å². The second-order valence-electron chi connectivity index (χ2n) is 6.87. The van der Waals surface area contributed by atoms with E-state index in [1.54, 1.807) is 6.07 Å². The molecule has 138 valence electrons. The molecule has 0 saturated carbocycles. The average Bonchev–Trinajstić information content (AvgIpc) is 3.14. The molecular formula is C19H27FN2O3. The van der Waals surface area contributed by atoms with Crippen LogP contribution in [0, 0.1) is 11.7 Å². The fourth-order valence-corrected chi connectivity index (χ4v) is 3.40. The van der Waals surface area contributed by atoms with Gasteiger partial charge in [-0.1, -0.05) is 0 Å². The van der Waals surface area contributed by atoms with Gasteiger partial charge in [-0.3, -0.25) is 4.79 Å². The molecule has 5 nitrogen and oxygen atoms in total. The first-order chi connectivity index (χ1) is 12.2. The van der Waals surface area contributed by atoms with Crippen molar-refractivity contribution in [3.63, 3.8) is 0 Å². The summed E-state index contributed by atoms with van der Waals surface area (Å²) in [5, 5.41) is 6.13. The molecule has 3 rings (SSSR count). The summed E-state index contributed by atoms with van der Waals surface area (Å²) in [6.45, 7) is 3.23. The van der Waals surface area contributed by atoms with Crippen LogP contribution in [0.2, 0.25) is 0 Å². The Hall–Kier alpha value is -1.66. The maximum absolute atomic E-state index is 13.6. The lowest BCUT2D eigenvalue weighted by Gasteiger charge is -2.22. The lowest BCUT2D eigenvalue weighted by Crippen LogP contribution is -2.28. The van der Waals surface area contributed by atoms with Crippen molar-refractivity contribution in [3.8, 4) is 5.75 Å². The minimum atomic E-state index is -0.391. The van der Waals surface area contributed by atoms with Crippen molar-refractivity contribution in [2.45, 2.75) is 44.6 Å². The van der Waals surface area contributed by atoms with Crippen molar-refractivity contribution in [2.75, 3.05) is 31.6 Å². The number of carbonyl (C=O) groups excluding carboxylic acids is 1. The third kappa shape index (κ3) is 5.68. The van der Waals surface area contributed by atoms with Crippen LogP contribution in [0.5, 0.6) is 5.75 Å². The highest BCUT2D eigenvalue weighted by Crippen LogP contribution is 2.27. The molecule has 1 aromatic carbocycles. The summed E-state index contributed by atoms with van der Waals surface area (Å²) < 4.78 is 24.9. The third-order valence-electron chi connectivity index (χ3n) is 4.90. The molecule has 2 N–H and O–H groups in total. The Labute approximate surface area is 148 Å². The van der Waals surface area contributed by atoms with Crippen molar-refractivity contribution < 1.29 is 18.7 Å². The van der Waals surface area contributed by atoms with Gasteiger partial charge in [-0.05, 0) is 63.2 Å². The molecule has 1 aromatic rings. The van der Waals surface area contributed by atoms with Gasteiger partial charge in [0.2, 0.25) is 5.91 Å². The molecule has 1 atom stereocenters. The van der Waals surface area contributed by atoms with E-state index in [1.807, 2.05) is 0 Å². The topological polar surface area (TPSA) is 59.6 Å². The molecule has 2 aliphatic heterocycles. The monoisotopic (exact) mass is 350 g/mol. The number of carbonyl (C=O) groups is 1. The number of anilines is 1. The fraction of sp³-hybridized carbons (Fsp3) is 0.632. The summed E-state index contributed by atoms with van der Waals surface area (Å²) in [6.07, 6.45) is 5.64. The molecule has 0 radical (unpaired) electrons. The van der Waals surface area contributed by atoms with E-state index in [2.05, 4.69) is 10.6 Å². The second-order valence-corrected chi connectivity index (χ2v) is 6.87. The Bertz CT molecular complexity index is 570. The van der Waals surface area contributed by atoms with Crippen molar-refractivity contribution in [2.24, 2.45) is 5.92 Å². The predicted octanol–water partition coefficient (Wildman–Crippen LogP) is 3.10. The van der Waals surface area contributed by atoms with Crippen LogP contribution in [-0.2, 0) is 9.53 Å². The molecule has 0 aliphatic carbocycles. The third-order valence-corrected chi connectivity index (χ3v) is 4.90. The van der Waals surface area contributed by atoms with Gasteiger partial charge >= 0.3 is 0 Å². The van der Waals surface area contributed by atoms with Crippen LogP contribution >= 0.6 is 0 Å². The molecule has 1 amide bonds. The fourth-order valence-electron chi connectivity index (χ4n) is 3.40. The van der Waals surface area contributed by atoms with Gasteiger partial charge in [0.05, 0.1) is 11.8 Å². The zero-order chi connectivity index (χ0) is 17.5. The Morgan fingerprint density at radius 1 is 1.32 bits per heavy atom. The number of ether oxygens (including phenoxy) is 2. The zero-order valence-electron chi connectivity index (χ0n) is 14.6. The maximum atomic E-state index is 13.6. The maximum Gasteiger partial charge on any atom is 0.224 e. The molecule has 0 bridgehead atoms. The molecule has 2 aliphatic rings. The number of rotatable bonds is 7. The van der Waals surface area contributed by atoms with Crippen molar-refractivity contribution >= 4 is 11.6 Å². The second kappa shape index (κ2) is 9.15. The number of hydrogen-bond donors (Lipinski definition) is 2. The summed E-state index contributed by atoms with van der Waals surface area (Å²) in [4.78, 5) is 12.2. The summed E-state index contributed by atoms with van der Waals surface area (Å²) >= 11 is 0. The quantitative estimate of drug-likeness (QED) is 0.793. The summed E-state index contributed by atoms with van der Waals surface area (Å²) in [5.41, 5.74) is 0.397. The van der Waals surface area contributed by atoms with Gasteiger partial charge in [-0.15, -0.1) is 0 Å². The van der Waals surface area contributed by atoms with Gasteiger partial charge < -0.3 is 20.1 Å². The SMILES string of the molecule is O=C(CCC1CCNCC1)Nc1cc(F)ccc1OCC1CCCO1. The van der Waals surface area contributed by atoms with Crippen molar-refractivity contribution in [3.05, 3.63) is 24.0 Å². The summed E-state index contributed by atoms with van der Waals surface area (Å²) in [5.74, 6) is 0.603. The molecule has 2 saturated heterocycles. The number of nitrogens with one attached hydrogen (secondary N) is 2. The van der Waals surface area contributed by atoms with E-state index in [0.717, 1.165) is 51.8 Å². The first-order valence-electron chi connectivity index (χ1n) is 9.25. The predicted molar refractivity (Wildman–Crippen MR) is 94.3 cm³/mol. The van der Waals surface area contributed by atoms with E-state index in [9.17, 15) is 9.18 Å². The molecule has 2 fully saturated rings. The van der Waals surface area contributed by atoms with Gasteiger partial charge in [0.1, 0.15) is 18.2 Å². The Kier molecular flexibility index (Phi) is 6.64. The summed E-state index contributed by atoms with van der Waals surface area (Å²) in [6, 6.07) is 4.22. The number of benzene rings is 1. The highest BCUT2D eigenvalue weighted by Gasteiger charge is 2.18. The van der Waals surface area contributed by atoms with Crippen molar-refractivity contribution in [1.82, 2.24) is 5.32 Å². The average molecular weight is 350 g/mol. The zero-order valence-corrected chi connectivity index (χ0v) is 14.6. The molecule has 2 heterocycles. The van der Waals surface area contributed by atoms with E-state index in [-0.39, 0.29) is 12.0 Å². The van der Waals surface area contributed by atoms with Gasteiger partial charge in [-0.25, -0.2) is 4.39 Å². The molecule has 0 aromatic heterocycles. The standard InChI is InChI=1S/C19H27FN2O3/c20-15-4-5-18(25-13-16-2-1-11-24-16)17(12-15)22-19(23)6-3-14-7-9-21-10-8-14/h4-5,12,14,16,21H,1-3,6-11,13H2,(H,22,23). The van der Waals surface area contributed by atoms with Crippen LogP contribution in [0.1, 0.15) is 38.5 Å². The van der Waals surface area contributed by atoms with Crippen molar-refractivity contribution in [1.29, 1.82) is 0 Å². The van der Waals surface area contributed by atoms with E-state index in [1.165, 1.54) is 12.1 Å². The highest BCUT2D eigenvalue weighted by molar-refractivity contribution is 5.92.